The summed E-state index contributed by atoms with van der Waals surface area (Å²) in [6, 6.07) is 26.8. The molecule has 1 aliphatic carbocycles. The summed E-state index contributed by atoms with van der Waals surface area (Å²) in [5.74, 6) is 1.52. The highest BCUT2D eigenvalue weighted by Gasteiger charge is 2.16. The van der Waals surface area contributed by atoms with E-state index in [0.717, 1.165) is 37.7 Å². The van der Waals surface area contributed by atoms with Gasteiger partial charge >= 0.3 is 0 Å². The molecule has 1 fully saturated rings. The first-order valence-corrected chi connectivity index (χ1v) is 14.4. The summed E-state index contributed by atoms with van der Waals surface area (Å²) in [7, 11) is 0. The third kappa shape index (κ3) is 8.58. The van der Waals surface area contributed by atoms with Crippen LogP contribution in [0, 0.1) is 11.8 Å². The second kappa shape index (κ2) is 14.7. The molecule has 0 radical (unpaired) electrons. The van der Waals surface area contributed by atoms with E-state index in [1.54, 1.807) is 0 Å². The molecule has 0 aromatic heterocycles. The average Bonchev–Trinajstić information content (AvgIpc) is 2.96. The van der Waals surface area contributed by atoms with Crippen molar-refractivity contribution in [3.63, 3.8) is 0 Å². The van der Waals surface area contributed by atoms with E-state index in [0.29, 0.717) is 6.61 Å². The summed E-state index contributed by atoms with van der Waals surface area (Å²) >= 11 is 0. The van der Waals surface area contributed by atoms with E-state index in [1.807, 2.05) is 0 Å². The van der Waals surface area contributed by atoms with Gasteiger partial charge < -0.3 is 4.74 Å². The molecule has 0 unspecified atom stereocenters. The molecular weight excluding hydrogens is 448 g/mol. The predicted octanol–water partition coefficient (Wildman–Crippen LogP) is 10.2. The first-order chi connectivity index (χ1) is 18.2. The molecule has 1 aliphatic rings. The van der Waals surface area contributed by atoms with Gasteiger partial charge in [0.15, 0.2) is 0 Å². The number of benzene rings is 3. The lowest BCUT2D eigenvalue weighted by Gasteiger charge is -2.24. The van der Waals surface area contributed by atoms with Crippen molar-refractivity contribution < 1.29 is 4.74 Å². The summed E-state index contributed by atoms with van der Waals surface area (Å²) in [5.41, 5.74) is 7.69. The van der Waals surface area contributed by atoms with Gasteiger partial charge in [-0.15, -0.1) is 6.58 Å². The zero-order valence-corrected chi connectivity index (χ0v) is 22.7. The van der Waals surface area contributed by atoms with Crippen molar-refractivity contribution in [1.29, 1.82) is 0 Å². The molecule has 1 nitrogen and oxygen atoms in total. The van der Waals surface area contributed by atoms with Crippen molar-refractivity contribution in [3.8, 4) is 22.3 Å². The minimum atomic E-state index is 0.701. The standard InChI is InChI=1S/C36H44O/c1-3-5-8-27-37-28-32-17-21-34(22-18-32)36-25-23-35(24-26-36)33-19-15-31(16-20-33)10-7-6-9-30-13-11-29(4-2)12-14-30/h4,6,9,15-26,29-30H,2-3,5,7-8,10-14,27-28H2,1H3/t29-,30-. The maximum Gasteiger partial charge on any atom is 0.0716 e. The number of unbranched alkanes of at least 4 members (excludes halogenated alkanes) is 2. The van der Waals surface area contributed by atoms with E-state index >= 15 is 0 Å². The van der Waals surface area contributed by atoms with Gasteiger partial charge in [0.2, 0.25) is 0 Å². The molecule has 0 saturated heterocycles. The zero-order chi connectivity index (χ0) is 25.7. The lowest BCUT2D eigenvalue weighted by atomic mass is 9.82. The third-order valence-electron chi connectivity index (χ3n) is 7.78. The highest BCUT2D eigenvalue weighted by molar-refractivity contribution is 5.70. The number of hydrogen-bond acceptors (Lipinski definition) is 1. The first-order valence-electron chi connectivity index (χ1n) is 14.4. The molecule has 1 saturated carbocycles. The Bertz CT molecular complexity index is 1080. The predicted molar refractivity (Wildman–Crippen MR) is 160 cm³/mol. The number of hydrogen-bond donors (Lipinski definition) is 0. The van der Waals surface area contributed by atoms with Crippen LogP contribution in [-0.4, -0.2) is 6.61 Å². The fraction of sp³-hybridized carbons (Fsp3) is 0.389. The highest BCUT2D eigenvalue weighted by atomic mass is 16.5. The van der Waals surface area contributed by atoms with E-state index in [9.17, 15) is 0 Å². The van der Waals surface area contributed by atoms with Crippen LogP contribution in [0.15, 0.2) is 97.6 Å². The number of rotatable bonds is 13. The number of ether oxygens (including phenoxy) is 1. The van der Waals surface area contributed by atoms with E-state index in [-0.39, 0.29) is 0 Å². The van der Waals surface area contributed by atoms with Crippen molar-refractivity contribution in [2.24, 2.45) is 11.8 Å². The molecule has 0 amide bonds. The van der Waals surface area contributed by atoms with Gasteiger partial charge in [0, 0.05) is 6.61 Å². The smallest absolute Gasteiger partial charge is 0.0716 e. The fourth-order valence-corrected chi connectivity index (χ4v) is 5.27. The second-order valence-electron chi connectivity index (χ2n) is 10.6. The van der Waals surface area contributed by atoms with Gasteiger partial charge in [-0.2, -0.15) is 0 Å². The van der Waals surface area contributed by atoms with E-state index < -0.39 is 0 Å². The maximum absolute atomic E-state index is 5.79. The molecule has 0 heterocycles. The van der Waals surface area contributed by atoms with Crippen LogP contribution in [0.1, 0.15) is 69.4 Å². The van der Waals surface area contributed by atoms with Crippen molar-refractivity contribution in [1.82, 2.24) is 0 Å². The van der Waals surface area contributed by atoms with Crippen LogP contribution in [-0.2, 0) is 17.8 Å². The van der Waals surface area contributed by atoms with Crippen molar-refractivity contribution in [2.45, 2.75) is 71.3 Å². The summed E-state index contributed by atoms with van der Waals surface area (Å²) in [6.45, 7) is 7.73. The molecule has 0 aliphatic heterocycles. The van der Waals surface area contributed by atoms with Gasteiger partial charge in [-0.25, -0.2) is 0 Å². The van der Waals surface area contributed by atoms with E-state index in [2.05, 4.69) is 105 Å². The molecule has 194 valence electrons. The Hall–Kier alpha value is -2.90. The Morgan fingerprint density at radius 2 is 1.22 bits per heavy atom. The SMILES string of the molecule is C=C[C@H]1CC[C@H](C=CCCc2ccc(-c3ccc(-c4ccc(COCCCCC)cc4)cc3)cc2)CC1. The lowest BCUT2D eigenvalue weighted by Crippen LogP contribution is -2.10. The third-order valence-corrected chi connectivity index (χ3v) is 7.78. The van der Waals surface area contributed by atoms with Crippen LogP contribution in [0.4, 0.5) is 0 Å². The van der Waals surface area contributed by atoms with Gasteiger partial charge in [-0.3, -0.25) is 0 Å². The molecule has 4 rings (SSSR count). The van der Waals surface area contributed by atoms with Gasteiger partial charge in [0.25, 0.3) is 0 Å². The summed E-state index contributed by atoms with van der Waals surface area (Å²) in [4.78, 5) is 0. The topological polar surface area (TPSA) is 9.23 Å². The number of allylic oxidation sites excluding steroid dienone is 3. The minimum Gasteiger partial charge on any atom is -0.377 e. The molecule has 3 aromatic rings. The summed E-state index contributed by atoms with van der Waals surface area (Å²) in [5, 5.41) is 0. The van der Waals surface area contributed by atoms with Crippen LogP contribution >= 0.6 is 0 Å². The first kappa shape index (κ1) is 27.1. The molecular formula is C36H44O. The minimum absolute atomic E-state index is 0.701. The molecule has 0 spiro atoms. The Morgan fingerprint density at radius 1 is 0.703 bits per heavy atom. The van der Waals surface area contributed by atoms with Gasteiger partial charge in [-0.05, 0) is 90.2 Å². The normalized spacial score (nSPS) is 17.8. The zero-order valence-electron chi connectivity index (χ0n) is 22.7. The average molecular weight is 493 g/mol. The Balaban J connectivity index is 1.24. The Labute approximate surface area is 225 Å². The summed E-state index contributed by atoms with van der Waals surface area (Å²) < 4.78 is 5.79. The largest absolute Gasteiger partial charge is 0.377 e. The van der Waals surface area contributed by atoms with E-state index in [1.165, 1.54) is 71.9 Å². The Morgan fingerprint density at radius 3 is 1.76 bits per heavy atom. The highest BCUT2D eigenvalue weighted by Crippen LogP contribution is 2.30. The van der Waals surface area contributed by atoms with Crippen LogP contribution in [0.2, 0.25) is 0 Å². The van der Waals surface area contributed by atoms with Crippen molar-refractivity contribution in [3.05, 3.63) is 109 Å². The van der Waals surface area contributed by atoms with Crippen molar-refractivity contribution >= 4 is 0 Å². The number of aryl methyl sites for hydroxylation is 1. The van der Waals surface area contributed by atoms with Gasteiger partial charge in [0.05, 0.1) is 6.61 Å². The molecule has 0 bridgehead atoms. The lowest BCUT2D eigenvalue weighted by molar-refractivity contribution is 0.117. The quantitative estimate of drug-likeness (QED) is 0.170. The Kier molecular flexibility index (Phi) is 10.8. The van der Waals surface area contributed by atoms with E-state index in [4.69, 9.17) is 4.74 Å². The molecule has 3 aromatic carbocycles. The second-order valence-corrected chi connectivity index (χ2v) is 10.6. The van der Waals surface area contributed by atoms with Crippen LogP contribution in [0.3, 0.4) is 0 Å². The molecule has 0 atom stereocenters. The fourth-order valence-electron chi connectivity index (χ4n) is 5.27. The van der Waals surface area contributed by atoms with Crippen LogP contribution in [0.5, 0.6) is 0 Å². The molecule has 37 heavy (non-hydrogen) atoms. The monoisotopic (exact) mass is 492 g/mol. The van der Waals surface area contributed by atoms with Crippen LogP contribution in [0.25, 0.3) is 22.3 Å². The molecule has 1 heteroatoms. The summed E-state index contributed by atoms with van der Waals surface area (Å²) in [6.07, 6.45) is 18.1. The van der Waals surface area contributed by atoms with Crippen LogP contribution < -0.4 is 0 Å². The maximum atomic E-state index is 5.79. The van der Waals surface area contributed by atoms with Crippen molar-refractivity contribution in [2.75, 3.05) is 6.61 Å². The van der Waals surface area contributed by atoms with Gasteiger partial charge in [-0.1, -0.05) is 111 Å². The van der Waals surface area contributed by atoms with Gasteiger partial charge in [0.1, 0.15) is 0 Å². The molecule has 0 N–H and O–H groups in total.